The van der Waals surface area contributed by atoms with Gasteiger partial charge in [-0.05, 0) is 61.5 Å². The second kappa shape index (κ2) is 15.2. The summed E-state index contributed by atoms with van der Waals surface area (Å²) in [6.07, 6.45) is 1.19. The topological polar surface area (TPSA) is 100 Å². The van der Waals surface area contributed by atoms with E-state index >= 15 is 0 Å². The van der Waals surface area contributed by atoms with Crippen molar-refractivity contribution in [3.63, 3.8) is 0 Å². The molecule has 5 aromatic rings. The van der Waals surface area contributed by atoms with E-state index < -0.39 is 22.9 Å². The Labute approximate surface area is 282 Å². The predicted octanol–water partition coefficient (Wildman–Crippen LogP) is 8.78. The SMILES string of the molecule is CC(Sc1cccc(NC(=O)/C(=C\c2c(F)cccc2Cl)NC(=O)c2ccccc2)c1)C(=O)Nc1nc(-c2ccccc2Cl)cs1. The molecular formula is C34H25Cl2FN4O3S2. The largest absolute Gasteiger partial charge is 0.321 e. The number of carbonyl (C=O) groups is 3. The summed E-state index contributed by atoms with van der Waals surface area (Å²) < 4.78 is 14.6. The first kappa shape index (κ1) is 32.9. The molecule has 1 unspecified atom stereocenters. The smallest absolute Gasteiger partial charge is 0.272 e. The van der Waals surface area contributed by atoms with Crippen molar-refractivity contribution in [3.05, 3.63) is 135 Å². The van der Waals surface area contributed by atoms with Crippen molar-refractivity contribution in [1.29, 1.82) is 0 Å². The van der Waals surface area contributed by atoms with Crippen molar-refractivity contribution in [2.75, 3.05) is 10.6 Å². The minimum Gasteiger partial charge on any atom is -0.321 e. The predicted molar refractivity (Wildman–Crippen MR) is 185 cm³/mol. The maximum atomic E-state index is 14.6. The van der Waals surface area contributed by atoms with E-state index in [9.17, 15) is 18.8 Å². The van der Waals surface area contributed by atoms with E-state index in [2.05, 4.69) is 20.9 Å². The van der Waals surface area contributed by atoms with Crippen molar-refractivity contribution in [2.45, 2.75) is 17.1 Å². The van der Waals surface area contributed by atoms with Crippen LogP contribution in [-0.2, 0) is 9.59 Å². The molecule has 0 bridgehead atoms. The zero-order valence-electron chi connectivity index (χ0n) is 24.1. The normalized spacial score (nSPS) is 11.9. The Kier molecular flexibility index (Phi) is 10.9. The molecule has 46 heavy (non-hydrogen) atoms. The van der Waals surface area contributed by atoms with Crippen LogP contribution in [0.5, 0.6) is 0 Å². The highest BCUT2D eigenvalue weighted by molar-refractivity contribution is 8.00. The highest BCUT2D eigenvalue weighted by Crippen LogP contribution is 2.32. The van der Waals surface area contributed by atoms with Crippen LogP contribution in [0.4, 0.5) is 15.2 Å². The molecule has 0 aliphatic carbocycles. The van der Waals surface area contributed by atoms with Gasteiger partial charge in [0.2, 0.25) is 5.91 Å². The molecule has 0 aliphatic heterocycles. The summed E-state index contributed by atoms with van der Waals surface area (Å²) in [5, 5.41) is 10.6. The number of amides is 3. The molecule has 0 fully saturated rings. The Morgan fingerprint density at radius 3 is 2.37 bits per heavy atom. The number of hydrogen-bond donors (Lipinski definition) is 3. The van der Waals surface area contributed by atoms with E-state index in [0.29, 0.717) is 32.0 Å². The van der Waals surface area contributed by atoms with E-state index in [1.54, 1.807) is 67.6 Å². The molecule has 7 nitrogen and oxygen atoms in total. The first-order chi connectivity index (χ1) is 22.2. The molecular weight excluding hydrogens is 666 g/mol. The van der Waals surface area contributed by atoms with Gasteiger partial charge in [0, 0.05) is 37.7 Å². The van der Waals surface area contributed by atoms with Crippen LogP contribution >= 0.6 is 46.3 Å². The Morgan fingerprint density at radius 2 is 1.61 bits per heavy atom. The molecule has 3 N–H and O–H groups in total. The average molecular weight is 692 g/mol. The molecule has 0 radical (unpaired) electrons. The average Bonchev–Trinajstić information content (AvgIpc) is 3.51. The van der Waals surface area contributed by atoms with Crippen LogP contribution in [-0.4, -0.2) is 28.0 Å². The zero-order valence-corrected chi connectivity index (χ0v) is 27.2. The van der Waals surface area contributed by atoms with Gasteiger partial charge in [0.05, 0.1) is 16.0 Å². The van der Waals surface area contributed by atoms with Crippen LogP contribution in [0.3, 0.4) is 0 Å². The molecule has 3 amide bonds. The van der Waals surface area contributed by atoms with Gasteiger partial charge in [-0.25, -0.2) is 9.37 Å². The van der Waals surface area contributed by atoms with Crippen LogP contribution in [0, 0.1) is 5.82 Å². The molecule has 4 aromatic carbocycles. The van der Waals surface area contributed by atoms with Gasteiger partial charge in [-0.2, -0.15) is 0 Å². The van der Waals surface area contributed by atoms with Crippen LogP contribution in [0.1, 0.15) is 22.8 Å². The summed E-state index contributed by atoms with van der Waals surface area (Å²) in [6, 6.07) is 26.6. The maximum absolute atomic E-state index is 14.6. The molecule has 0 saturated carbocycles. The molecule has 232 valence electrons. The first-order valence-corrected chi connectivity index (χ1v) is 16.3. The quantitative estimate of drug-likeness (QED) is 0.100. The number of aromatic nitrogens is 1. The maximum Gasteiger partial charge on any atom is 0.272 e. The monoisotopic (exact) mass is 690 g/mol. The fraction of sp³-hybridized carbons (Fsp3) is 0.0588. The summed E-state index contributed by atoms with van der Waals surface area (Å²) in [7, 11) is 0. The second-order valence-corrected chi connectivity index (χ2v) is 12.8. The molecule has 1 aromatic heterocycles. The third-order valence-electron chi connectivity index (χ3n) is 6.48. The summed E-state index contributed by atoms with van der Waals surface area (Å²) in [5.74, 6) is -2.17. The minimum atomic E-state index is -0.699. The lowest BCUT2D eigenvalue weighted by Crippen LogP contribution is -2.30. The van der Waals surface area contributed by atoms with Crippen molar-refractivity contribution >= 4 is 80.9 Å². The highest BCUT2D eigenvalue weighted by atomic mass is 35.5. The number of carbonyl (C=O) groups excluding carboxylic acids is 3. The highest BCUT2D eigenvalue weighted by Gasteiger charge is 2.19. The molecule has 1 heterocycles. The Hall–Kier alpha value is -4.48. The van der Waals surface area contributed by atoms with Crippen molar-refractivity contribution in [1.82, 2.24) is 10.3 Å². The van der Waals surface area contributed by atoms with Gasteiger partial charge in [0.15, 0.2) is 5.13 Å². The zero-order chi connectivity index (χ0) is 32.6. The number of nitrogens with zero attached hydrogens (tertiary/aromatic N) is 1. The molecule has 1 atom stereocenters. The number of thioether (sulfide) groups is 1. The van der Waals surface area contributed by atoms with Gasteiger partial charge < -0.3 is 16.0 Å². The molecule has 12 heteroatoms. The third kappa shape index (κ3) is 8.41. The Balaban J connectivity index is 1.28. The lowest BCUT2D eigenvalue weighted by molar-refractivity contribution is -0.115. The van der Waals surface area contributed by atoms with Crippen molar-refractivity contribution in [3.8, 4) is 11.3 Å². The van der Waals surface area contributed by atoms with Gasteiger partial charge >= 0.3 is 0 Å². The lowest BCUT2D eigenvalue weighted by Gasteiger charge is -2.14. The number of thiazole rings is 1. The van der Waals surface area contributed by atoms with Gasteiger partial charge in [0.25, 0.3) is 11.8 Å². The van der Waals surface area contributed by atoms with E-state index in [-0.39, 0.29) is 22.2 Å². The fourth-order valence-corrected chi connectivity index (χ4v) is 6.26. The second-order valence-electron chi connectivity index (χ2n) is 9.76. The van der Waals surface area contributed by atoms with Crippen LogP contribution < -0.4 is 16.0 Å². The molecule has 0 spiro atoms. The van der Waals surface area contributed by atoms with E-state index in [1.165, 1.54) is 47.4 Å². The third-order valence-corrected chi connectivity index (χ3v) is 8.99. The number of benzene rings is 4. The number of halogens is 3. The van der Waals surface area contributed by atoms with E-state index in [4.69, 9.17) is 23.2 Å². The summed E-state index contributed by atoms with van der Waals surface area (Å²) in [5.41, 5.74) is 1.88. The lowest BCUT2D eigenvalue weighted by atomic mass is 10.1. The minimum absolute atomic E-state index is 0.0500. The summed E-state index contributed by atoms with van der Waals surface area (Å²) >= 11 is 15.1. The van der Waals surface area contributed by atoms with Crippen LogP contribution in [0.2, 0.25) is 10.0 Å². The molecule has 0 aliphatic rings. The van der Waals surface area contributed by atoms with E-state index in [1.807, 2.05) is 23.6 Å². The number of nitrogens with one attached hydrogen (secondary N) is 3. The Bertz CT molecular complexity index is 1910. The number of hydrogen-bond acceptors (Lipinski definition) is 6. The van der Waals surface area contributed by atoms with Gasteiger partial charge in [-0.3, -0.25) is 14.4 Å². The summed E-state index contributed by atoms with van der Waals surface area (Å²) in [6.45, 7) is 1.76. The number of rotatable bonds is 10. The van der Waals surface area contributed by atoms with Gasteiger partial charge in [-0.15, -0.1) is 23.1 Å². The van der Waals surface area contributed by atoms with Gasteiger partial charge in [-0.1, -0.05) is 71.7 Å². The first-order valence-electron chi connectivity index (χ1n) is 13.8. The molecule has 5 rings (SSSR count). The standard InChI is InChI=1S/C34H25Cl2FN4O3S2/c1-20(31(42)41-34-40-30(19-45-34)24-13-5-6-14-26(24)35)46-23-12-7-11-22(17-23)38-33(44)29(18-25-27(36)15-8-16-28(25)37)39-32(43)21-9-3-2-4-10-21/h2-20H,1H3,(H,38,44)(H,39,43)(H,40,41,42)/b29-18+. The van der Waals surface area contributed by atoms with Crippen LogP contribution in [0.25, 0.3) is 17.3 Å². The van der Waals surface area contributed by atoms with Crippen molar-refractivity contribution < 1.29 is 18.8 Å². The summed E-state index contributed by atoms with van der Waals surface area (Å²) in [4.78, 5) is 44.5. The number of anilines is 2. The van der Waals surface area contributed by atoms with Crippen LogP contribution in [0.15, 0.2) is 113 Å². The van der Waals surface area contributed by atoms with Gasteiger partial charge in [0.1, 0.15) is 11.5 Å². The van der Waals surface area contributed by atoms with E-state index in [0.717, 1.165) is 5.56 Å². The fourth-order valence-electron chi connectivity index (χ4n) is 4.17. The Morgan fingerprint density at radius 1 is 0.891 bits per heavy atom. The molecule has 0 saturated heterocycles. The van der Waals surface area contributed by atoms with Crippen molar-refractivity contribution in [2.24, 2.45) is 0 Å².